The van der Waals surface area contributed by atoms with E-state index < -0.39 is 10.0 Å². The monoisotopic (exact) mass is 448 g/mol. The standard InChI is InChI=1S/C23H24N6O2S/c1-16-9-11-20(12-10-16)32(30,31)28-23(27-22-25-17(2)15-18(3)26-22)29-21(13-14-24-29)19-7-5-4-6-8-19/h4-15,21,24H,1-3H3,(H,25,26,27,28)/t21-/m1/s1. The smallest absolute Gasteiger partial charge is 0.285 e. The Hall–Kier alpha value is -3.72. The van der Waals surface area contributed by atoms with E-state index >= 15 is 0 Å². The lowest BCUT2D eigenvalue weighted by atomic mass is 10.1. The van der Waals surface area contributed by atoms with Crippen LogP contribution in [-0.4, -0.2) is 29.4 Å². The molecular weight excluding hydrogens is 424 g/mol. The Bertz CT molecular complexity index is 1250. The molecule has 8 nitrogen and oxygen atoms in total. The summed E-state index contributed by atoms with van der Waals surface area (Å²) in [5, 5.41) is 4.65. The van der Waals surface area contributed by atoms with Gasteiger partial charge in [-0.05, 0) is 50.6 Å². The van der Waals surface area contributed by atoms with Gasteiger partial charge in [0.1, 0.15) is 0 Å². The van der Waals surface area contributed by atoms with Gasteiger partial charge in [0, 0.05) is 17.6 Å². The van der Waals surface area contributed by atoms with Gasteiger partial charge < -0.3 is 5.43 Å². The molecule has 0 fully saturated rings. The van der Waals surface area contributed by atoms with E-state index in [1.165, 1.54) is 0 Å². The van der Waals surface area contributed by atoms with E-state index in [4.69, 9.17) is 0 Å². The van der Waals surface area contributed by atoms with Crippen LogP contribution in [0.15, 0.2) is 82.2 Å². The van der Waals surface area contributed by atoms with E-state index in [0.717, 1.165) is 22.5 Å². The van der Waals surface area contributed by atoms with Gasteiger partial charge in [0.25, 0.3) is 10.0 Å². The Labute approximate surface area is 187 Å². The molecule has 0 spiro atoms. The van der Waals surface area contributed by atoms with Crippen LogP contribution < -0.4 is 10.7 Å². The van der Waals surface area contributed by atoms with Crippen molar-refractivity contribution in [2.45, 2.75) is 31.7 Å². The third kappa shape index (κ3) is 4.78. The van der Waals surface area contributed by atoms with Crippen LogP contribution in [0.5, 0.6) is 0 Å². The molecule has 2 heterocycles. The van der Waals surface area contributed by atoms with Gasteiger partial charge in [0.05, 0.1) is 10.9 Å². The predicted molar refractivity (Wildman–Crippen MR) is 124 cm³/mol. The first kappa shape index (κ1) is 21.5. The van der Waals surface area contributed by atoms with Crippen molar-refractivity contribution in [3.63, 3.8) is 0 Å². The second-order valence-corrected chi connectivity index (χ2v) is 9.12. The average molecular weight is 449 g/mol. The van der Waals surface area contributed by atoms with Gasteiger partial charge in [-0.3, -0.25) is 5.32 Å². The van der Waals surface area contributed by atoms with Crippen LogP contribution in [0, 0.1) is 20.8 Å². The molecule has 0 bridgehead atoms. The van der Waals surface area contributed by atoms with Gasteiger partial charge in [-0.25, -0.2) is 15.0 Å². The Morgan fingerprint density at radius 3 is 2.31 bits per heavy atom. The van der Waals surface area contributed by atoms with E-state index in [0.29, 0.717) is 0 Å². The van der Waals surface area contributed by atoms with Crippen molar-refractivity contribution >= 4 is 21.9 Å². The molecule has 1 aromatic heterocycles. The highest BCUT2D eigenvalue weighted by Gasteiger charge is 2.28. The van der Waals surface area contributed by atoms with Gasteiger partial charge in [-0.2, -0.15) is 8.42 Å². The number of aryl methyl sites for hydroxylation is 3. The molecule has 1 aliphatic rings. The molecule has 164 valence electrons. The number of rotatable bonds is 4. The maximum absolute atomic E-state index is 13.1. The summed E-state index contributed by atoms with van der Waals surface area (Å²) in [5.41, 5.74) is 6.52. The fraction of sp³-hybridized carbons (Fsp3) is 0.174. The average Bonchev–Trinajstić information content (AvgIpc) is 3.23. The van der Waals surface area contributed by atoms with Crippen LogP contribution >= 0.6 is 0 Å². The van der Waals surface area contributed by atoms with Crippen LogP contribution in [0.2, 0.25) is 0 Å². The number of hydrogen-bond acceptors (Lipinski definition) is 5. The molecule has 32 heavy (non-hydrogen) atoms. The molecule has 0 amide bonds. The fourth-order valence-corrected chi connectivity index (χ4v) is 4.32. The molecule has 0 unspecified atom stereocenters. The topological polar surface area (TPSA) is 99.6 Å². The van der Waals surface area contributed by atoms with Crippen LogP contribution in [0.1, 0.15) is 28.6 Å². The Balaban J connectivity index is 1.77. The van der Waals surface area contributed by atoms with Crippen molar-refractivity contribution in [2.24, 2.45) is 4.40 Å². The number of benzene rings is 2. The van der Waals surface area contributed by atoms with Gasteiger partial charge >= 0.3 is 0 Å². The normalized spacial score (nSPS) is 16.2. The first-order valence-electron chi connectivity index (χ1n) is 10.1. The zero-order chi connectivity index (χ0) is 22.7. The summed E-state index contributed by atoms with van der Waals surface area (Å²) in [5.74, 6) is 0.329. The molecule has 0 aliphatic carbocycles. The highest BCUT2D eigenvalue weighted by Crippen LogP contribution is 2.26. The number of anilines is 1. The van der Waals surface area contributed by atoms with Crippen LogP contribution in [-0.2, 0) is 10.0 Å². The van der Waals surface area contributed by atoms with Gasteiger partial charge in [0.15, 0.2) is 0 Å². The molecule has 1 atom stereocenters. The van der Waals surface area contributed by atoms with Crippen LogP contribution in [0.3, 0.4) is 0 Å². The molecule has 1 aliphatic heterocycles. The highest BCUT2D eigenvalue weighted by atomic mass is 32.2. The second kappa shape index (κ2) is 8.80. The summed E-state index contributed by atoms with van der Waals surface area (Å²) in [6.07, 6.45) is 3.67. The Morgan fingerprint density at radius 1 is 1.00 bits per heavy atom. The molecular formula is C23H24N6O2S. The van der Waals surface area contributed by atoms with Crippen molar-refractivity contribution in [2.75, 3.05) is 5.32 Å². The summed E-state index contributed by atoms with van der Waals surface area (Å²) in [7, 11) is -4.00. The lowest BCUT2D eigenvalue weighted by molar-refractivity contribution is 0.337. The summed E-state index contributed by atoms with van der Waals surface area (Å²) >= 11 is 0. The van der Waals surface area contributed by atoms with Crippen LogP contribution in [0.4, 0.5) is 5.95 Å². The number of hydrogen-bond donors (Lipinski definition) is 2. The molecule has 0 saturated heterocycles. The zero-order valence-electron chi connectivity index (χ0n) is 18.0. The lowest BCUT2D eigenvalue weighted by Gasteiger charge is -2.27. The van der Waals surface area contributed by atoms with E-state index in [-0.39, 0.29) is 22.8 Å². The number of guanidine groups is 1. The predicted octanol–water partition coefficient (Wildman–Crippen LogP) is 3.63. The van der Waals surface area contributed by atoms with Crippen molar-refractivity contribution in [1.29, 1.82) is 0 Å². The summed E-state index contributed by atoms with van der Waals surface area (Å²) in [6.45, 7) is 5.60. The molecule has 2 aromatic carbocycles. The zero-order valence-corrected chi connectivity index (χ0v) is 18.8. The third-order valence-electron chi connectivity index (χ3n) is 4.87. The SMILES string of the molecule is Cc1ccc(S(=O)(=O)N=C(Nc2nc(C)cc(C)n2)N2NC=C[C@@H]2c2ccccc2)cc1. The minimum absolute atomic E-state index is 0.0643. The quantitative estimate of drug-likeness (QED) is 0.464. The molecule has 4 rings (SSSR count). The molecule has 3 aromatic rings. The van der Waals surface area contributed by atoms with E-state index in [9.17, 15) is 8.42 Å². The highest BCUT2D eigenvalue weighted by molar-refractivity contribution is 7.90. The number of aromatic nitrogens is 2. The van der Waals surface area contributed by atoms with E-state index in [2.05, 4.69) is 25.1 Å². The van der Waals surface area contributed by atoms with Crippen molar-refractivity contribution in [3.8, 4) is 0 Å². The maximum Gasteiger partial charge on any atom is 0.285 e. The first-order valence-corrected chi connectivity index (χ1v) is 11.5. The summed E-state index contributed by atoms with van der Waals surface area (Å²) in [4.78, 5) is 8.87. The minimum Gasteiger partial charge on any atom is -0.303 e. The molecule has 0 radical (unpaired) electrons. The summed E-state index contributed by atoms with van der Waals surface area (Å²) < 4.78 is 30.4. The molecule has 2 N–H and O–H groups in total. The largest absolute Gasteiger partial charge is 0.303 e. The minimum atomic E-state index is -4.00. The van der Waals surface area contributed by atoms with Crippen molar-refractivity contribution in [1.82, 2.24) is 20.4 Å². The van der Waals surface area contributed by atoms with Crippen molar-refractivity contribution < 1.29 is 8.42 Å². The van der Waals surface area contributed by atoms with Crippen molar-refractivity contribution in [3.05, 3.63) is 95.5 Å². The summed E-state index contributed by atoms with van der Waals surface area (Å²) in [6, 6.07) is 17.9. The maximum atomic E-state index is 13.1. The van der Waals surface area contributed by atoms with Gasteiger partial charge in [0.2, 0.25) is 11.9 Å². The number of hydrazine groups is 1. The number of sulfonamides is 1. The van der Waals surface area contributed by atoms with Gasteiger partial charge in [-0.1, -0.05) is 48.0 Å². The fourth-order valence-electron chi connectivity index (χ4n) is 3.37. The van der Waals surface area contributed by atoms with Gasteiger partial charge in [-0.15, -0.1) is 4.40 Å². The Kier molecular flexibility index (Phi) is 5.91. The first-order chi connectivity index (χ1) is 15.3. The number of nitrogens with zero attached hydrogens (tertiary/aromatic N) is 4. The van der Waals surface area contributed by atoms with E-state index in [1.54, 1.807) is 35.5 Å². The molecule has 0 saturated carbocycles. The van der Waals surface area contributed by atoms with E-state index in [1.807, 2.05) is 63.2 Å². The molecule has 9 heteroatoms. The third-order valence-corrected chi connectivity index (χ3v) is 6.15. The Morgan fingerprint density at radius 2 is 1.66 bits per heavy atom. The lowest BCUT2D eigenvalue weighted by Crippen LogP contribution is -2.43. The number of nitrogens with one attached hydrogen (secondary N) is 2. The van der Waals surface area contributed by atoms with Crippen LogP contribution in [0.25, 0.3) is 0 Å². The second-order valence-electron chi connectivity index (χ2n) is 7.52.